The van der Waals surface area contributed by atoms with Crippen LogP contribution in [-0.2, 0) is 0 Å². The molecular formula is C18H14ClN3. The van der Waals surface area contributed by atoms with E-state index in [0.29, 0.717) is 5.15 Å². The van der Waals surface area contributed by atoms with Crippen molar-refractivity contribution < 1.29 is 0 Å². The smallest absolute Gasteiger partial charge is 0.142 e. The molecule has 0 saturated heterocycles. The van der Waals surface area contributed by atoms with Crippen LogP contribution in [0.25, 0.3) is 16.6 Å². The Balaban J connectivity index is 2.10. The van der Waals surface area contributed by atoms with Crippen LogP contribution in [0.5, 0.6) is 0 Å². The van der Waals surface area contributed by atoms with Crippen molar-refractivity contribution in [2.24, 2.45) is 0 Å². The molecule has 2 aromatic heterocycles. The third-order valence-corrected chi connectivity index (χ3v) is 3.46. The summed E-state index contributed by atoms with van der Waals surface area (Å²) in [7, 11) is 0. The van der Waals surface area contributed by atoms with Crippen LogP contribution in [0.1, 0.15) is 5.56 Å². The monoisotopic (exact) mass is 307 g/mol. The lowest BCUT2D eigenvalue weighted by Crippen LogP contribution is -1.84. The molecule has 0 radical (unpaired) electrons. The number of allylic oxidation sites excluding steroid dienone is 12. The summed E-state index contributed by atoms with van der Waals surface area (Å²) in [5.41, 5.74) is 2.74. The van der Waals surface area contributed by atoms with Crippen molar-refractivity contribution in [2.75, 3.05) is 0 Å². The van der Waals surface area contributed by atoms with Crippen molar-refractivity contribution in [1.29, 1.82) is 0 Å². The van der Waals surface area contributed by atoms with Crippen molar-refractivity contribution in [3.05, 3.63) is 90.1 Å². The number of aromatic amines is 1. The van der Waals surface area contributed by atoms with E-state index in [1.165, 1.54) is 6.33 Å². The Labute approximate surface area is 133 Å². The minimum Gasteiger partial charge on any atom is -0.345 e. The van der Waals surface area contributed by atoms with Crippen LogP contribution in [0, 0.1) is 0 Å². The third-order valence-electron chi connectivity index (χ3n) is 3.18. The standard InChI is InChI=1S/C18H14ClN3/c19-17-16-15(12-20-18(16)22-13-21-17)14-10-8-6-4-2-1-3-5-7-9-11-14/h1-13H,(H,20,21,22)/b2-1-,3-1?,4-2?,5-3-,6-4-,7-5?,8-6?,9-7-,10-8?,11-9?,14-10?,14-11?. The van der Waals surface area contributed by atoms with Crippen LogP contribution in [-0.4, -0.2) is 15.0 Å². The van der Waals surface area contributed by atoms with Gasteiger partial charge in [0.2, 0.25) is 0 Å². The second-order valence-corrected chi connectivity index (χ2v) is 4.97. The molecule has 3 rings (SSSR count). The Morgan fingerprint density at radius 2 is 1.50 bits per heavy atom. The number of halogens is 1. The number of fused-ring (bicyclic) bond motifs is 1. The molecule has 0 unspecified atom stereocenters. The molecule has 2 aromatic rings. The van der Waals surface area contributed by atoms with Crippen molar-refractivity contribution in [3.63, 3.8) is 0 Å². The summed E-state index contributed by atoms with van der Waals surface area (Å²) >= 11 is 6.23. The zero-order valence-corrected chi connectivity index (χ0v) is 12.5. The molecule has 4 heteroatoms. The Kier molecular flexibility index (Phi) is 4.47. The van der Waals surface area contributed by atoms with Gasteiger partial charge in [-0.2, -0.15) is 0 Å². The molecule has 0 spiro atoms. The van der Waals surface area contributed by atoms with Gasteiger partial charge < -0.3 is 4.98 Å². The molecule has 1 aliphatic carbocycles. The quantitative estimate of drug-likeness (QED) is 0.770. The highest BCUT2D eigenvalue weighted by Gasteiger charge is 2.11. The topological polar surface area (TPSA) is 41.6 Å². The summed E-state index contributed by atoms with van der Waals surface area (Å²) in [5, 5.41) is 1.28. The van der Waals surface area contributed by atoms with Gasteiger partial charge in [-0.1, -0.05) is 78.4 Å². The molecule has 22 heavy (non-hydrogen) atoms. The van der Waals surface area contributed by atoms with E-state index in [9.17, 15) is 0 Å². The van der Waals surface area contributed by atoms with Gasteiger partial charge in [-0.25, -0.2) is 9.97 Å². The average Bonchev–Trinajstić information content (AvgIpc) is 2.93. The van der Waals surface area contributed by atoms with E-state index in [4.69, 9.17) is 11.6 Å². The molecule has 0 saturated carbocycles. The number of hydrogen-bond donors (Lipinski definition) is 1. The van der Waals surface area contributed by atoms with Gasteiger partial charge in [-0.3, -0.25) is 0 Å². The van der Waals surface area contributed by atoms with Crippen LogP contribution in [0.4, 0.5) is 0 Å². The van der Waals surface area contributed by atoms with Crippen LogP contribution >= 0.6 is 11.6 Å². The van der Waals surface area contributed by atoms with Gasteiger partial charge in [0, 0.05) is 11.8 Å². The van der Waals surface area contributed by atoms with Gasteiger partial charge in [0.15, 0.2) is 0 Å². The predicted molar refractivity (Wildman–Crippen MR) is 92.6 cm³/mol. The first-order valence-electron chi connectivity index (χ1n) is 6.89. The fraction of sp³-hybridized carbons (Fsp3) is 0. The molecule has 3 nitrogen and oxygen atoms in total. The minimum atomic E-state index is 0.448. The SMILES string of the molecule is Clc1ncnc2[nH]cc(C3=C\C=C/C=C\C=C/C=C\C=C3)c12. The van der Waals surface area contributed by atoms with Gasteiger partial charge in [0.25, 0.3) is 0 Å². The fourth-order valence-corrected chi connectivity index (χ4v) is 2.39. The summed E-state index contributed by atoms with van der Waals surface area (Å²) in [6, 6.07) is 0. The molecule has 2 heterocycles. The molecular weight excluding hydrogens is 294 g/mol. The van der Waals surface area contributed by atoms with Crippen molar-refractivity contribution in [1.82, 2.24) is 15.0 Å². The van der Waals surface area contributed by atoms with E-state index in [1.54, 1.807) is 0 Å². The molecule has 0 bridgehead atoms. The lowest BCUT2D eigenvalue weighted by Gasteiger charge is -2.00. The minimum absolute atomic E-state index is 0.448. The zero-order chi connectivity index (χ0) is 15.2. The summed E-state index contributed by atoms with van der Waals surface area (Å²) in [6.07, 6.45) is 25.3. The summed E-state index contributed by atoms with van der Waals surface area (Å²) < 4.78 is 0. The summed E-state index contributed by atoms with van der Waals surface area (Å²) in [4.78, 5) is 11.4. The maximum Gasteiger partial charge on any atom is 0.142 e. The van der Waals surface area contributed by atoms with E-state index in [1.807, 2.05) is 73.0 Å². The van der Waals surface area contributed by atoms with Crippen molar-refractivity contribution >= 4 is 28.2 Å². The molecule has 1 aliphatic rings. The Hall–Kier alpha value is -2.65. The van der Waals surface area contributed by atoms with Crippen LogP contribution < -0.4 is 0 Å². The number of H-pyrrole nitrogens is 1. The van der Waals surface area contributed by atoms with Crippen molar-refractivity contribution in [2.45, 2.75) is 0 Å². The van der Waals surface area contributed by atoms with Crippen molar-refractivity contribution in [3.8, 4) is 0 Å². The van der Waals surface area contributed by atoms with Crippen LogP contribution in [0.15, 0.2) is 79.4 Å². The van der Waals surface area contributed by atoms with E-state index in [0.717, 1.165) is 22.2 Å². The maximum atomic E-state index is 6.23. The normalized spacial score (nSPS) is 20.7. The van der Waals surface area contributed by atoms with E-state index < -0.39 is 0 Å². The zero-order valence-electron chi connectivity index (χ0n) is 11.8. The lowest BCUT2D eigenvalue weighted by molar-refractivity contribution is 1.20. The molecule has 0 aliphatic heterocycles. The molecule has 0 fully saturated rings. The number of nitrogens with one attached hydrogen (secondary N) is 1. The molecule has 0 aromatic carbocycles. The fourth-order valence-electron chi connectivity index (χ4n) is 2.16. The van der Waals surface area contributed by atoms with Gasteiger partial charge in [0.05, 0.1) is 5.39 Å². The number of aromatic nitrogens is 3. The third kappa shape index (κ3) is 3.15. The number of hydrogen-bond acceptors (Lipinski definition) is 2. The van der Waals surface area contributed by atoms with Gasteiger partial charge >= 0.3 is 0 Å². The second kappa shape index (κ2) is 6.87. The maximum absolute atomic E-state index is 6.23. The number of rotatable bonds is 1. The van der Waals surface area contributed by atoms with E-state index in [-0.39, 0.29) is 0 Å². The molecule has 0 atom stereocenters. The summed E-state index contributed by atoms with van der Waals surface area (Å²) in [5.74, 6) is 0. The molecule has 0 amide bonds. The summed E-state index contributed by atoms with van der Waals surface area (Å²) in [6.45, 7) is 0. The number of nitrogens with zero attached hydrogens (tertiary/aromatic N) is 2. The first kappa shape index (κ1) is 14.3. The lowest BCUT2D eigenvalue weighted by atomic mass is 10.1. The first-order valence-corrected chi connectivity index (χ1v) is 7.27. The first-order chi connectivity index (χ1) is 10.9. The molecule has 108 valence electrons. The Bertz CT molecular complexity index is 848. The predicted octanol–water partition coefficient (Wildman–Crippen LogP) is 4.79. The average molecular weight is 308 g/mol. The Morgan fingerprint density at radius 1 is 0.818 bits per heavy atom. The Morgan fingerprint density at radius 3 is 2.27 bits per heavy atom. The van der Waals surface area contributed by atoms with E-state index >= 15 is 0 Å². The second-order valence-electron chi connectivity index (χ2n) is 4.61. The highest BCUT2D eigenvalue weighted by molar-refractivity contribution is 6.34. The van der Waals surface area contributed by atoms with E-state index in [2.05, 4.69) is 15.0 Å². The highest BCUT2D eigenvalue weighted by atomic mass is 35.5. The molecule has 1 N–H and O–H groups in total. The van der Waals surface area contributed by atoms with Gasteiger partial charge in [-0.15, -0.1) is 0 Å². The van der Waals surface area contributed by atoms with Gasteiger partial charge in [0.1, 0.15) is 17.1 Å². The highest BCUT2D eigenvalue weighted by Crippen LogP contribution is 2.29. The van der Waals surface area contributed by atoms with Crippen LogP contribution in [0.3, 0.4) is 0 Å². The largest absolute Gasteiger partial charge is 0.345 e. The van der Waals surface area contributed by atoms with Gasteiger partial charge in [-0.05, 0) is 5.57 Å². The van der Waals surface area contributed by atoms with Crippen LogP contribution in [0.2, 0.25) is 5.15 Å².